The number of carbonyl (C=O) groups is 2. The maximum Gasteiger partial charge on any atom is 0.321 e. The van der Waals surface area contributed by atoms with Crippen molar-refractivity contribution in [1.82, 2.24) is 19.8 Å². The lowest BCUT2D eigenvalue weighted by atomic mass is 10.2. The quantitative estimate of drug-likeness (QED) is 0.711. The van der Waals surface area contributed by atoms with Crippen molar-refractivity contribution in [3.8, 4) is 5.75 Å². The number of nitrogens with one attached hydrogen (secondary N) is 2. The first-order valence-electron chi connectivity index (χ1n) is 8.76. The van der Waals surface area contributed by atoms with Gasteiger partial charge in [-0.2, -0.15) is 4.31 Å². The molecule has 0 bridgehead atoms. The van der Waals surface area contributed by atoms with E-state index in [9.17, 15) is 18.0 Å². The molecule has 3 amide bonds. The van der Waals surface area contributed by atoms with Crippen LogP contribution < -0.4 is 15.4 Å². The van der Waals surface area contributed by atoms with Crippen LogP contribution in [0.4, 0.5) is 4.79 Å². The SMILES string of the molecule is CCNC(=O)NC(=O)C(C)N1CCN(S(=O)(=O)c2ccc(OC)cc2)CC1. The number of imide groups is 1. The topological polar surface area (TPSA) is 108 Å². The zero-order valence-corrected chi connectivity index (χ0v) is 16.6. The summed E-state index contributed by atoms with van der Waals surface area (Å²) in [5.74, 6) is 0.179. The summed E-state index contributed by atoms with van der Waals surface area (Å²) in [5.41, 5.74) is 0. The van der Waals surface area contributed by atoms with Crippen LogP contribution in [-0.2, 0) is 14.8 Å². The largest absolute Gasteiger partial charge is 0.497 e. The zero-order valence-electron chi connectivity index (χ0n) is 15.8. The highest BCUT2D eigenvalue weighted by Crippen LogP contribution is 2.21. The minimum Gasteiger partial charge on any atom is -0.497 e. The fourth-order valence-corrected chi connectivity index (χ4v) is 4.24. The monoisotopic (exact) mass is 398 g/mol. The van der Waals surface area contributed by atoms with Gasteiger partial charge in [-0.15, -0.1) is 0 Å². The molecule has 0 saturated carbocycles. The number of hydrogen-bond donors (Lipinski definition) is 2. The van der Waals surface area contributed by atoms with Gasteiger partial charge in [0.15, 0.2) is 0 Å². The Labute approximate surface area is 159 Å². The van der Waals surface area contributed by atoms with Crippen molar-refractivity contribution >= 4 is 22.0 Å². The van der Waals surface area contributed by atoms with Crippen molar-refractivity contribution in [2.45, 2.75) is 24.8 Å². The molecule has 1 aliphatic heterocycles. The van der Waals surface area contributed by atoms with E-state index >= 15 is 0 Å². The highest BCUT2D eigenvalue weighted by atomic mass is 32.2. The van der Waals surface area contributed by atoms with Gasteiger partial charge in [0.05, 0.1) is 18.0 Å². The molecule has 2 N–H and O–H groups in total. The number of nitrogens with zero attached hydrogens (tertiary/aromatic N) is 2. The maximum absolute atomic E-state index is 12.7. The number of hydrogen-bond acceptors (Lipinski definition) is 6. The number of ether oxygens (including phenoxy) is 1. The minimum absolute atomic E-state index is 0.207. The molecule has 150 valence electrons. The fraction of sp³-hybridized carbons (Fsp3) is 0.529. The number of benzene rings is 1. The van der Waals surface area contributed by atoms with E-state index in [1.54, 1.807) is 26.0 Å². The van der Waals surface area contributed by atoms with Crippen LogP contribution in [0, 0.1) is 0 Å². The van der Waals surface area contributed by atoms with E-state index in [1.807, 2.05) is 4.90 Å². The number of methoxy groups -OCH3 is 1. The first-order valence-corrected chi connectivity index (χ1v) is 10.2. The van der Waals surface area contributed by atoms with Gasteiger partial charge < -0.3 is 10.1 Å². The van der Waals surface area contributed by atoms with Crippen LogP contribution in [0.1, 0.15) is 13.8 Å². The average Bonchev–Trinajstić information content (AvgIpc) is 2.67. The van der Waals surface area contributed by atoms with E-state index < -0.39 is 28.0 Å². The highest BCUT2D eigenvalue weighted by molar-refractivity contribution is 7.89. The Balaban J connectivity index is 1.95. The van der Waals surface area contributed by atoms with Crippen molar-refractivity contribution in [2.75, 3.05) is 39.8 Å². The van der Waals surface area contributed by atoms with Crippen molar-refractivity contribution in [2.24, 2.45) is 0 Å². The summed E-state index contributed by atoms with van der Waals surface area (Å²) >= 11 is 0. The zero-order chi connectivity index (χ0) is 20.0. The second-order valence-corrected chi connectivity index (χ2v) is 8.08. The molecule has 1 unspecified atom stereocenters. The third-order valence-electron chi connectivity index (χ3n) is 4.47. The Morgan fingerprint density at radius 3 is 2.26 bits per heavy atom. The van der Waals surface area contributed by atoms with Crippen LogP contribution in [0.15, 0.2) is 29.2 Å². The van der Waals surface area contributed by atoms with Crippen LogP contribution in [0.5, 0.6) is 5.75 Å². The molecule has 1 aliphatic rings. The summed E-state index contributed by atoms with van der Waals surface area (Å²) in [6.45, 7) is 5.23. The van der Waals surface area contributed by atoms with Gasteiger partial charge >= 0.3 is 6.03 Å². The van der Waals surface area contributed by atoms with E-state index in [4.69, 9.17) is 4.74 Å². The molecule has 1 aromatic rings. The lowest BCUT2D eigenvalue weighted by Crippen LogP contribution is -2.56. The van der Waals surface area contributed by atoms with Gasteiger partial charge in [-0.3, -0.25) is 15.0 Å². The van der Waals surface area contributed by atoms with Crippen molar-refractivity contribution in [3.63, 3.8) is 0 Å². The molecule has 0 aromatic heterocycles. The average molecular weight is 398 g/mol. The number of piperazine rings is 1. The summed E-state index contributed by atoms with van der Waals surface area (Å²) in [5, 5.41) is 4.78. The summed E-state index contributed by atoms with van der Waals surface area (Å²) < 4.78 is 32.0. The van der Waals surface area contributed by atoms with Crippen LogP contribution in [0.25, 0.3) is 0 Å². The summed E-state index contributed by atoms with van der Waals surface area (Å²) in [6, 6.07) is 5.19. The van der Waals surface area contributed by atoms with Crippen molar-refractivity contribution in [1.29, 1.82) is 0 Å². The first kappa shape index (κ1) is 21.1. The number of amides is 3. The van der Waals surface area contributed by atoms with Gasteiger partial charge in [-0.1, -0.05) is 0 Å². The van der Waals surface area contributed by atoms with Gasteiger partial charge in [0.2, 0.25) is 15.9 Å². The molecule has 0 radical (unpaired) electrons. The normalized spacial score (nSPS) is 17.1. The molecular weight excluding hydrogens is 372 g/mol. The van der Waals surface area contributed by atoms with Crippen LogP contribution >= 0.6 is 0 Å². The molecule has 0 aliphatic carbocycles. The number of carbonyl (C=O) groups excluding carboxylic acids is 2. The third kappa shape index (κ3) is 5.18. The van der Waals surface area contributed by atoms with Gasteiger partial charge in [-0.25, -0.2) is 13.2 Å². The molecule has 2 rings (SSSR count). The van der Waals surface area contributed by atoms with Crippen molar-refractivity contribution < 1.29 is 22.7 Å². The Morgan fingerprint density at radius 2 is 1.74 bits per heavy atom. The Hall–Kier alpha value is -2.17. The van der Waals surface area contributed by atoms with E-state index in [2.05, 4.69) is 10.6 Å². The van der Waals surface area contributed by atoms with Gasteiger partial charge in [0.25, 0.3) is 0 Å². The number of rotatable bonds is 6. The predicted octanol–water partition coefficient (Wildman–Crippen LogP) is 0.236. The smallest absolute Gasteiger partial charge is 0.321 e. The fourth-order valence-electron chi connectivity index (χ4n) is 2.81. The predicted molar refractivity (Wildman–Crippen MR) is 100 cm³/mol. The van der Waals surface area contributed by atoms with Crippen LogP contribution in [0.2, 0.25) is 0 Å². The van der Waals surface area contributed by atoms with E-state index in [-0.39, 0.29) is 18.0 Å². The molecule has 0 spiro atoms. The van der Waals surface area contributed by atoms with E-state index in [0.29, 0.717) is 25.4 Å². The number of sulfonamides is 1. The molecule has 1 atom stereocenters. The molecular formula is C17H26N4O5S. The lowest BCUT2D eigenvalue weighted by molar-refractivity contribution is -0.125. The lowest BCUT2D eigenvalue weighted by Gasteiger charge is -2.36. The Morgan fingerprint density at radius 1 is 1.15 bits per heavy atom. The second-order valence-electron chi connectivity index (χ2n) is 6.14. The molecule has 1 aromatic carbocycles. The molecule has 1 fully saturated rings. The summed E-state index contributed by atoms with van der Waals surface area (Å²) in [7, 11) is -2.08. The Kier molecular flexibility index (Phi) is 7.17. The van der Waals surface area contributed by atoms with E-state index in [0.717, 1.165) is 0 Å². The maximum atomic E-state index is 12.7. The molecule has 27 heavy (non-hydrogen) atoms. The van der Waals surface area contributed by atoms with Gasteiger partial charge in [0, 0.05) is 32.7 Å². The van der Waals surface area contributed by atoms with Gasteiger partial charge in [-0.05, 0) is 38.1 Å². The van der Waals surface area contributed by atoms with E-state index in [1.165, 1.54) is 23.5 Å². The number of urea groups is 1. The van der Waals surface area contributed by atoms with Crippen LogP contribution in [-0.4, -0.2) is 75.4 Å². The molecule has 1 heterocycles. The Bertz CT molecular complexity index is 758. The summed E-state index contributed by atoms with van der Waals surface area (Å²) in [4.78, 5) is 25.7. The van der Waals surface area contributed by atoms with Gasteiger partial charge in [0.1, 0.15) is 5.75 Å². The minimum atomic E-state index is -3.60. The second kappa shape index (κ2) is 9.16. The third-order valence-corrected chi connectivity index (χ3v) is 6.38. The summed E-state index contributed by atoms with van der Waals surface area (Å²) in [6.07, 6.45) is 0. The molecule has 10 heteroatoms. The standard InChI is InChI=1S/C17H26N4O5S/c1-4-18-17(23)19-16(22)13(2)20-9-11-21(12-10-20)27(24,25)15-7-5-14(26-3)6-8-15/h5-8,13H,4,9-12H2,1-3H3,(H2,18,19,22,23). The van der Waals surface area contributed by atoms with Crippen LogP contribution in [0.3, 0.4) is 0 Å². The highest BCUT2D eigenvalue weighted by Gasteiger charge is 2.32. The first-order chi connectivity index (χ1) is 12.8. The molecule has 1 saturated heterocycles. The molecule has 9 nitrogen and oxygen atoms in total. The van der Waals surface area contributed by atoms with Crippen molar-refractivity contribution in [3.05, 3.63) is 24.3 Å².